The Morgan fingerprint density at radius 1 is 1.06 bits per heavy atom. The molecule has 0 unspecified atom stereocenters. The van der Waals surface area contributed by atoms with Crippen LogP contribution in [0.15, 0.2) is 0 Å². The van der Waals surface area contributed by atoms with Crippen molar-refractivity contribution in [2.24, 2.45) is 5.92 Å². The summed E-state index contributed by atoms with van der Waals surface area (Å²) in [7, 11) is 0. The first-order valence-electron chi connectivity index (χ1n) is 6.52. The SMILES string of the molecule is CC(C)CCCNC(=O)CCCNC(C)C. The molecule has 0 spiro atoms. The fourth-order valence-corrected chi connectivity index (χ4v) is 1.47. The van der Waals surface area contributed by atoms with E-state index in [1.165, 1.54) is 6.42 Å². The predicted molar refractivity (Wildman–Crippen MR) is 69.5 cm³/mol. The predicted octanol–water partition coefficient (Wildman–Crippen LogP) is 2.32. The zero-order valence-corrected chi connectivity index (χ0v) is 11.3. The molecule has 0 bridgehead atoms. The summed E-state index contributed by atoms with van der Waals surface area (Å²) in [5.74, 6) is 0.918. The molecule has 0 aromatic carbocycles. The molecule has 0 aliphatic carbocycles. The molecule has 0 aliphatic heterocycles. The fourth-order valence-electron chi connectivity index (χ4n) is 1.47. The number of carbonyl (C=O) groups is 1. The lowest BCUT2D eigenvalue weighted by molar-refractivity contribution is -0.121. The van der Waals surface area contributed by atoms with Crippen molar-refractivity contribution in [1.29, 1.82) is 0 Å². The van der Waals surface area contributed by atoms with Crippen LogP contribution in [0.3, 0.4) is 0 Å². The minimum Gasteiger partial charge on any atom is -0.356 e. The van der Waals surface area contributed by atoms with Crippen molar-refractivity contribution in [2.45, 2.75) is 59.4 Å². The van der Waals surface area contributed by atoms with Crippen LogP contribution in [-0.2, 0) is 4.79 Å². The van der Waals surface area contributed by atoms with Crippen LogP contribution >= 0.6 is 0 Å². The van der Waals surface area contributed by atoms with Crippen molar-refractivity contribution in [3.05, 3.63) is 0 Å². The van der Waals surface area contributed by atoms with E-state index in [0.29, 0.717) is 12.5 Å². The van der Waals surface area contributed by atoms with Crippen LogP contribution in [0.5, 0.6) is 0 Å². The molecule has 0 aromatic heterocycles. The van der Waals surface area contributed by atoms with E-state index in [1.807, 2.05) is 0 Å². The second-order valence-electron chi connectivity index (χ2n) is 5.10. The second kappa shape index (κ2) is 9.64. The number of carbonyl (C=O) groups excluding carboxylic acids is 1. The smallest absolute Gasteiger partial charge is 0.220 e. The van der Waals surface area contributed by atoms with E-state index >= 15 is 0 Å². The normalized spacial score (nSPS) is 11.1. The maximum Gasteiger partial charge on any atom is 0.220 e. The lowest BCUT2D eigenvalue weighted by Gasteiger charge is -2.08. The van der Waals surface area contributed by atoms with Crippen molar-refractivity contribution in [1.82, 2.24) is 10.6 Å². The molecule has 0 aliphatic rings. The summed E-state index contributed by atoms with van der Waals surface area (Å²) in [6.45, 7) is 10.4. The molecule has 2 N–H and O–H groups in total. The Morgan fingerprint density at radius 2 is 1.75 bits per heavy atom. The minimum absolute atomic E-state index is 0.189. The van der Waals surface area contributed by atoms with Crippen molar-refractivity contribution in [2.75, 3.05) is 13.1 Å². The van der Waals surface area contributed by atoms with Gasteiger partial charge in [0.25, 0.3) is 0 Å². The molecule has 0 saturated carbocycles. The second-order valence-corrected chi connectivity index (χ2v) is 5.10. The summed E-state index contributed by atoms with van der Waals surface area (Å²) in [4.78, 5) is 11.4. The van der Waals surface area contributed by atoms with Gasteiger partial charge in [-0.3, -0.25) is 4.79 Å². The van der Waals surface area contributed by atoms with E-state index in [0.717, 1.165) is 31.8 Å². The van der Waals surface area contributed by atoms with Crippen LogP contribution in [0.2, 0.25) is 0 Å². The van der Waals surface area contributed by atoms with Gasteiger partial charge in [0.05, 0.1) is 0 Å². The van der Waals surface area contributed by atoms with E-state index < -0.39 is 0 Å². The largest absolute Gasteiger partial charge is 0.356 e. The monoisotopic (exact) mass is 228 g/mol. The molecule has 3 heteroatoms. The Balaban J connectivity index is 3.25. The van der Waals surface area contributed by atoms with Crippen LogP contribution in [-0.4, -0.2) is 25.0 Å². The molecule has 3 nitrogen and oxygen atoms in total. The average molecular weight is 228 g/mol. The molecule has 0 radical (unpaired) electrons. The molecule has 0 rings (SSSR count). The highest BCUT2D eigenvalue weighted by Gasteiger charge is 2.01. The Labute approximate surface area is 100 Å². The average Bonchev–Trinajstić information content (AvgIpc) is 2.19. The van der Waals surface area contributed by atoms with Crippen LogP contribution in [0.4, 0.5) is 0 Å². The van der Waals surface area contributed by atoms with Gasteiger partial charge in [0.1, 0.15) is 0 Å². The summed E-state index contributed by atoms with van der Waals surface area (Å²) in [5.41, 5.74) is 0. The van der Waals surface area contributed by atoms with Gasteiger partial charge in [0.2, 0.25) is 5.91 Å². The summed E-state index contributed by atoms with van der Waals surface area (Å²) < 4.78 is 0. The van der Waals surface area contributed by atoms with Gasteiger partial charge in [-0.05, 0) is 31.7 Å². The summed E-state index contributed by atoms with van der Waals surface area (Å²) in [6, 6.07) is 0.508. The van der Waals surface area contributed by atoms with Crippen LogP contribution in [0.25, 0.3) is 0 Å². The van der Waals surface area contributed by atoms with Crippen molar-refractivity contribution >= 4 is 5.91 Å². The number of hydrogen-bond donors (Lipinski definition) is 2. The van der Waals surface area contributed by atoms with Crippen molar-refractivity contribution in [3.8, 4) is 0 Å². The highest BCUT2D eigenvalue weighted by Crippen LogP contribution is 2.01. The minimum atomic E-state index is 0.189. The lowest BCUT2D eigenvalue weighted by Crippen LogP contribution is -2.27. The van der Waals surface area contributed by atoms with Gasteiger partial charge in [-0.1, -0.05) is 27.7 Å². The van der Waals surface area contributed by atoms with Crippen molar-refractivity contribution < 1.29 is 4.79 Å². The Hall–Kier alpha value is -0.570. The zero-order chi connectivity index (χ0) is 12.4. The van der Waals surface area contributed by atoms with E-state index in [2.05, 4.69) is 38.3 Å². The quantitative estimate of drug-likeness (QED) is 0.595. The summed E-state index contributed by atoms with van der Waals surface area (Å²) in [6.07, 6.45) is 3.85. The van der Waals surface area contributed by atoms with Crippen LogP contribution in [0, 0.1) is 5.92 Å². The summed E-state index contributed by atoms with van der Waals surface area (Å²) in [5, 5.41) is 6.26. The van der Waals surface area contributed by atoms with E-state index in [-0.39, 0.29) is 5.91 Å². The first-order chi connectivity index (χ1) is 7.52. The first-order valence-corrected chi connectivity index (χ1v) is 6.52. The van der Waals surface area contributed by atoms with E-state index in [9.17, 15) is 4.79 Å². The summed E-state index contributed by atoms with van der Waals surface area (Å²) >= 11 is 0. The third kappa shape index (κ3) is 11.5. The van der Waals surface area contributed by atoms with E-state index in [1.54, 1.807) is 0 Å². The van der Waals surface area contributed by atoms with Crippen molar-refractivity contribution in [3.63, 3.8) is 0 Å². The molecule has 96 valence electrons. The molecular formula is C13H28N2O. The Kier molecular flexibility index (Phi) is 9.30. The molecule has 1 amide bonds. The molecule has 0 atom stereocenters. The van der Waals surface area contributed by atoms with Gasteiger partial charge in [0.15, 0.2) is 0 Å². The molecule has 16 heavy (non-hydrogen) atoms. The topological polar surface area (TPSA) is 41.1 Å². The van der Waals surface area contributed by atoms with Gasteiger partial charge >= 0.3 is 0 Å². The van der Waals surface area contributed by atoms with Gasteiger partial charge in [-0.2, -0.15) is 0 Å². The fraction of sp³-hybridized carbons (Fsp3) is 0.923. The molecule has 0 saturated heterocycles. The first kappa shape index (κ1) is 15.4. The van der Waals surface area contributed by atoms with Crippen LogP contribution in [0.1, 0.15) is 53.4 Å². The molecule has 0 aromatic rings. The highest BCUT2D eigenvalue weighted by atomic mass is 16.1. The standard InChI is InChI=1S/C13H28N2O/c1-11(2)7-5-10-15-13(16)8-6-9-14-12(3)4/h11-12,14H,5-10H2,1-4H3,(H,15,16). The number of rotatable bonds is 9. The highest BCUT2D eigenvalue weighted by molar-refractivity contribution is 5.75. The third-order valence-electron chi connectivity index (χ3n) is 2.41. The third-order valence-corrected chi connectivity index (χ3v) is 2.41. The van der Waals surface area contributed by atoms with Gasteiger partial charge < -0.3 is 10.6 Å². The van der Waals surface area contributed by atoms with Gasteiger partial charge in [-0.15, -0.1) is 0 Å². The lowest BCUT2D eigenvalue weighted by atomic mass is 10.1. The van der Waals surface area contributed by atoms with Gasteiger partial charge in [-0.25, -0.2) is 0 Å². The number of amides is 1. The van der Waals surface area contributed by atoms with Gasteiger partial charge in [0, 0.05) is 19.0 Å². The Morgan fingerprint density at radius 3 is 2.31 bits per heavy atom. The van der Waals surface area contributed by atoms with Crippen LogP contribution < -0.4 is 10.6 Å². The maximum atomic E-state index is 11.4. The Bertz CT molecular complexity index is 161. The maximum absolute atomic E-state index is 11.4. The molecule has 0 fully saturated rings. The van der Waals surface area contributed by atoms with E-state index in [4.69, 9.17) is 0 Å². The number of hydrogen-bond acceptors (Lipinski definition) is 2. The molecule has 0 heterocycles. The number of nitrogens with one attached hydrogen (secondary N) is 2. The zero-order valence-electron chi connectivity index (χ0n) is 11.3. The molecular weight excluding hydrogens is 200 g/mol.